The molecule has 0 amide bonds. The fraction of sp³-hybridized carbons (Fsp3) is 0.650. The maximum absolute atomic E-state index is 11.2. The average Bonchev–Trinajstić information content (AvgIpc) is 2.43. The van der Waals surface area contributed by atoms with Crippen molar-refractivity contribution >= 4 is 17.3 Å². The largest absolute Gasteiger partial charge is 0.481 e. The standard InChI is InChI=1S/C20H35N3O2/c1-14(2)11-23(12-15(3)4)19-8-7-16(9-18(19)21)17(10-20(24)25)13-22(5)6/h7-9,14-15,17H,10-13,21H2,1-6H3,(H,24,25). The van der Waals surface area contributed by atoms with Crippen molar-refractivity contribution < 1.29 is 9.90 Å². The Kier molecular flexibility index (Phi) is 8.23. The molecule has 0 aliphatic carbocycles. The van der Waals surface area contributed by atoms with Gasteiger partial charge >= 0.3 is 5.97 Å². The summed E-state index contributed by atoms with van der Waals surface area (Å²) in [5.74, 6) is 0.251. The number of nitrogen functional groups attached to an aromatic ring is 1. The molecular formula is C20H35N3O2. The van der Waals surface area contributed by atoms with E-state index in [4.69, 9.17) is 5.73 Å². The lowest BCUT2D eigenvalue weighted by Crippen LogP contribution is -2.32. The number of anilines is 2. The first-order valence-corrected chi connectivity index (χ1v) is 9.11. The Bertz CT molecular complexity index is 546. The molecule has 0 bridgehead atoms. The first kappa shape index (κ1) is 21.3. The van der Waals surface area contributed by atoms with E-state index in [1.165, 1.54) is 0 Å². The summed E-state index contributed by atoms with van der Waals surface area (Å²) in [6, 6.07) is 6.05. The highest BCUT2D eigenvalue weighted by Crippen LogP contribution is 2.30. The molecule has 1 aromatic carbocycles. The van der Waals surface area contributed by atoms with Crippen molar-refractivity contribution in [2.24, 2.45) is 11.8 Å². The second-order valence-corrected chi connectivity index (χ2v) is 8.07. The zero-order valence-electron chi connectivity index (χ0n) is 16.6. The molecule has 0 aliphatic heterocycles. The van der Waals surface area contributed by atoms with Crippen LogP contribution in [0.5, 0.6) is 0 Å². The third kappa shape index (κ3) is 7.34. The molecule has 0 aliphatic rings. The van der Waals surface area contributed by atoms with Crippen molar-refractivity contribution in [2.75, 3.05) is 44.4 Å². The summed E-state index contributed by atoms with van der Waals surface area (Å²) in [5, 5.41) is 9.21. The number of likely N-dealkylation sites (N-methyl/N-ethyl adjacent to an activating group) is 1. The van der Waals surface area contributed by atoms with Crippen LogP contribution in [0.1, 0.15) is 45.6 Å². The van der Waals surface area contributed by atoms with Crippen molar-refractivity contribution in [1.29, 1.82) is 0 Å². The van der Waals surface area contributed by atoms with E-state index in [0.717, 1.165) is 30.0 Å². The second-order valence-electron chi connectivity index (χ2n) is 8.07. The van der Waals surface area contributed by atoms with Gasteiger partial charge in [-0.3, -0.25) is 4.79 Å². The van der Waals surface area contributed by atoms with Gasteiger partial charge in [0.05, 0.1) is 17.8 Å². The number of carboxylic acid groups (broad SMARTS) is 1. The molecule has 1 atom stereocenters. The van der Waals surface area contributed by atoms with Crippen molar-refractivity contribution in [3.63, 3.8) is 0 Å². The van der Waals surface area contributed by atoms with E-state index in [1.54, 1.807) is 0 Å². The Morgan fingerprint density at radius 2 is 1.64 bits per heavy atom. The molecule has 3 N–H and O–H groups in total. The van der Waals surface area contributed by atoms with Crippen LogP contribution < -0.4 is 10.6 Å². The van der Waals surface area contributed by atoms with Crippen molar-refractivity contribution in [1.82, 2.24) is 4.90 Å². The molecule has 0 saturated carbocycles. The number of rotatable bonds is 10. The smallest absolute Gasteiger partial charge is 0.304 e. The molecule has 0 heterocycles. The molecule has 0 aromatic heterocycles. The SMILES string of the molecule is CC(C)CN(CC(C)C)c1ccc(C(CC(=O)O)CN(C)C)cc1N. The molecule has 142 valence electrons. The van der Waals surface area contributed by atoms with Gasteiger partial charge in [-0.05, 0) is 43.6 Å². The Balaban J connectivity index is 3.11. The van der Waals surface area contributed by atoms with Gasteiger partial charge in [0, 0.05) is 25.6 Å². The van der Waals surface area contributed by atoms with E-state index in [2.05, 4.69) is 38.7 Å². The molecule has 5 heteroatoms. The average molecular weight is 350 g/mol. The fourth-order valence-electron chi connectivity index (χ4n) is 3.21. The summed E-state index contributed by atoms with van der Waals surface area (Å²) in [6.45, 7) is 11.4. The van der Waals surface area contributed by atoms with Crippen LogP contribution in [-0.4, -0.2) is 49.7 Å². The van der Waals surface area contributed by atoms with Gasteiger partial charge in [0.2, 0.25) is 0 Å². The predicted molar refractivity (Wildman–Crippen MR) is 106 cm³/mol. The summed E-state index contributed by atoms with van der Waals surface area (Å²) in [6.07, 6.45) is 0.110. The highest BCUT2D eigenvalue weighted by Gasteiger charge is 2.19. The molecule has 1 unspecified atom stereocenters. The lowest BCUT2D eigenvalue weighted by molar-refractivity contribution is -0.137. The maximum atomic E-state index is 11.2. The lowest BCUT2D eigenvalue weighted by atomic mass is 9.94. The lowest BCUT2D eigenvalue weighted by Gasteiger charge is -2.30. The number of carbonyl (C=O) groups is 1. The number of hydrogen-bond acceptors (Lipinski definition) is 4. The normalized spacial score (nSPS) is 12.8. The Hall–Kier alpha value is -1.75. The summed E-state index contributed by atoms with van der Waals surface area (Å²) >= 11 is 0. The van der Waals surface area contributed by atoms with E-state index in [1.807, 2.05) is 31.1 Å². The zero-order chi connectivity index (χ0) is 19.1. The molecule has 0 radical (unpaired) electrons. The molecule has 0 spiro atoms. The number of nitrogens with two attached hydrogens (primary N) is 1. The minimum absolute atomic E-state index is 0.0625. The van der Waals surface area contributed by atoms with E-state index in [-0.39, 0.29) is 12.3 Å². The number of benzene rings is 1. The molecule has 25 heavy (non-hydrogen) atoms. The molecule has 0 saturated heterocycles. The molecule has 0 fully saturated rings. The minimum atomic E-state index is -0.782. The van der Waals surface area contributed by atoms with E-state index in [0.29, 0.717) is 18.4 Å². The second kappa shape index (κ2) is 9.66. The minimum Gasteiger partial charge on any atom is -0.481 e. The summed E-state index contributed by atoms with van der Waals surface area (Å²) in [7, 11) is 3.92. The van der Waals surface area contributed by atoms with Gasteiger partial charge in [-0.2, -0.15) is 0 Å². The van der Waals surface area contributed by atoms with Gasteiger partial charge in [-0.1, -0.05) is 33.8 Å². The highest BCUT2D eigenvalue weighted by atomic mass is 16.4. The maximum Gasteiger partial charge on any atom is 0.304 e. The van der Waals surface area contributed by atoms with Gasteiger partial charge in [-0.25, -0.2) is 0 Å². The summed E-state index contributed by atoms with van der Waals surface area (Å²) in [4.78, 5) is 15.6. The Morgan fingerprint density at radius 3 is 2.04 bits per heavy atom. The highest BCUT2D eigenvalue weighted by molar-refractivity contribution is 5.71. The number of carboxylic acids is 1. The van der Waals surface area contributed by atoms with Crippen molar-refractivity contribution in [2.45, 2.75) is 40.0 Å². The van der Waals surface area contributed by atoms with Crippen LogP contribution in [0.3, 0.4) is 0 Å². The third-order valence-electron chi connectivity index (χ3n) is 4.04. The van der Waals surface area contributed by atoms with E-state index < -0.39 is 5.97 Å². The molecule has 5 nitrogen and oxygen atoms in total. The summed E-state index contributed by atoms with van der Waals surface area (Å²) < 4.78 is 0. The Morgan fingerprint density at radius 1 is 1.08 bits per heavy atom. The predicted octanol–water partition coefficient (Wildman–Crippen LogP) is 3.51. The summed E-state index contributed by atoms with van der Waals surface area (Å²) in [5.41, 5.74) is 9.14. The van der Waals surface area contributed by atoms with Gasteiger partial charge in [-0.15, -0.1) is 0 Å². The number of aliphatic carboxylic acids is 1. The van der Waals surface area contributed by atoms with E-state index >= 15 is 0 Å². The van der Waals surface area contributed by atoms with Gasteiger partial charge < -0.3 is 20.6 Å². The number of hydrogen-bond donors (Lipinski definition) is 2. The molecular weight excluding hydrogens is 314 g/mol. The molecule has 1 aromatic rings. The van der Waals surface area contributed by atoms with Crippen LogP contribution in [0.4, 0.5) is 11.4 Å². The van der Waals surface area contributed by atoms with Gasteiger partial charge in [0.25, 0.3) is 0 Å². The van der Waals surface area contributed by atoms with Crippen molar-refractivity contribution in [3.05, 3.63) is 23.8 Å². The molecule has 1 rings (SSSR count). The van der Waals surface area contributed by atoms with Crippen LogP contribution in [0.15, 0.2) is 18.2 Å². The quantitative estimate of drug-likeness (QED) is 0.633. The van der Waals surface area contributed by atoms with Gasteiger partial charge in [0.15, 0.2) is 0 Å². The van der Waals surface area contributed by atoms with Crippen LogP contribution in [0, 0.1) is 11.8 Å². The van der Waals surface area contributed by atoms with Crippen LogP contribution in [0.25, 0.3) is 0 Å². The van der Waals surface area contributed by atoms with Crippen LogP contribution in [-0.2, 0) is 4.79 Å². The fourth-order valence-corrected chi connectivity index (χ4v) is 3.21. The Labute approximate surface area is 152 Å². The third-order valence-corrected chi connectivity index (χ3v) is 4.04. The zero-order valence-corrected chi connectivity index (χ0v) is 16.6. The van der Waals surface area contributed by atoms with E-state index in [9.17, 15) is 9.90 Å². The number of nitrogens with zero attached hydrogens (tertiary/aromatic N) is 2. The van der Waals surface area contributed by atoms with Gasteiger partial charge in [0.1, 0.15) is 0 Å². The van der Waals surface area contributed by atoms with Crippen LogP contribution >= 0.6 is 0 Å². The topological polar surface area (TPSA) is 69.8 Å². The van der Waals surface area contributed by atoms with Crippen LogP contribution in [0.2, 0.25) is 0 Å². The first-order chi connectivity index (χ1) is 11.6. The monoisotopic (exact) mass is 349 g/mol. The van der Waals surface area contributed by atoms with Crippen molar-refractivity contribution in [3.8, 4) is 0 Å². The first-order valence-electron chi connectivity index (χ1n) is 9.11.